The third kappa shape index (κ3) is 3.98. The van der Waals surface area contributed by atoms with Crippen molar-refractivity contribution in [2.45, 2.75) is 68.1 Å². The fraction of sp³-hybridized carbons (Fsp3) is 0.857. The number of esters is 1. The molecule has 2 rings (SSSR count). The first-order chi connectivity index (χ1) is 11.2. The average molecular weight is 591 g/mol. The van der Waals surface area contributed by atoms with E-state index in [0.717, 1.165) is 0 Å². The summed E-state index contributed by atoms with van der Waals surface area (Å²) < 4.78 is 84.8. The molecular weight excluding hydrogens is 574 g/mol. The summed E-state index contributed by atoms with van der Waals surface area (Å²) in [7, 11) is 0. The fourth-order valence-electron chi connectivity index (χ4n) is 3.07. The first kappa shape index (κ1) is 24.2. The van der Waals surface area contributed by atoms with Gasteiger partial charge in [-0.3, -0.25) is 27.4 Å². The van der Waals surface area contributed by atoms with Crippen molar-refractivity contribution >= 4 is 28.6 Å². The largest absolute Gasteiger partial charge is 0.477 e. The fourth-order valence-corrected chi connectivity index (χ4v) is 3.56. The smallest absolute Gasteiger partial charge is 0.430 e. The van der Waals surface area contributed by atoms with Crippen LogP contribution in [0.4, 0.5) is 26.3 Å². The Hall–Kier alpha value is 0.193. The molecule has 2 aliphatic rings. The summed E-state index contributed by atoms with van der Waals surface area (Å²) >= 11 is 1.55. The van der Waals surface area contributed by atoms with Crippen LogP contribution in [0, 0.1) is 3.92 Å². The second-order valence-electron chi connectivity index (χ2n) is 6.65. The standard InChI is InChI=1S/C14H17F6INO3.Rh/c1-10(7-22-10)8(21)9(23)25-11(5-3-2-4-6-11)12(24,13(15,16)17)14(18,19)20;/h22,24H,2-7H2,1H3;/q-1;. The molecule has 0 amide bonds. The summed E-state index contributed by atoms with van der Waals surface area (Å²) in [6.45, 7) is 1.93. The quantitative estimate of drug-likeness (QED) is 0.132. The molecule has 1 radical (unpaired) electrons. The zero-order valence-electron chi connectivity index (χ0n) is 13.5. The van der Waals surface area contributed by atoms with Gasteiger partial charge in [0.1, 0.15) is 0 Å². The van der Waals surface area contributed by atoms with Gasteiger partial charge in [-0.1, -0.05) is 18.9 Å². The van der Waals surface area contributed by atoms with Gasteiger partial charge in [0.15, 0.2) is 11.6 Å². The molecule has 1 heterocycles. The summed E-state index contributed by atoms with van der Waals surface area (Å²) in [5.74, 6) is -1.28. The molecule has 12 heteroatoms. The summed E-state index contributed by atoms with van der Waals surface area (Å²) in [4.78, 5) is 12.3. The van der Waals surface area contributed by atoms with Crippen molar-refractivity contribution in [3.8, 4) is 0 Å². The first-order valence-electron chi connectivity index (χ1n) is 7.57. The molecule has 26 heavy (non-hydrogen) atoms. The third-order valence-electron chi connectivity index (χ3n) is 4.80. The molecule has 4 nitrogen and oxygen atoms in total. The van der Waals surface area contributed by atoms with Crippen LogP contribution in [0.5, 0.6) is 0 Å². The second-order valence-corrected chi connectivity index (χ2v) is 7.73. The molecule has 1 saturated carbocycles. The van der Waals surface area contributed by atoms with Crippen LogP contribution in [0.25, 0.3) is 0 Å². The number of rotatable bonds is 4. The molecule has 0 aromatic carbocycles. The zero-order valence-corrected chi connectivity index (χ0v) is 17.3. The number of nitrogens with one attached hydrogen (secondary N) is 1. The normalized spacial score (nSPS) is 25.9. The van der Waals surface area contributed by atoms with E-state index in [9.17, 15) is 36.2 Å². The van der Waals surface area contributed by atoms with E-state index in [1.165, 1.54) is 0 Å². The maximum atomic E-state index is 13.3. The number of aliphatic hydroxyl groups is 1. The number of halogens is 7. The predicted molar refractivity (Wildman–Crippen MR) is 82.6 cm³/mol. The van der Waals surface area contributed by atoms with Gasteiger partial charge in [0.05, 0.1) is 0 Å². The number of ether oxygens (including phenoxy) is 1. The minimum absolute atomic E-state index is 0. The number of hydrogen-bond donors (Lipinski definition) is 2. The molecule has 2 fully saturated rings. The molecule has 1 aliphatic carbocycles. The summed E-state index contributed by atoms with van der Waals surface area (Å²) in [6, 6.07) is 0. The zero-order chi connectivity index (χ0) is 19.3. The molecule has 1 atom stereocenters. The van der Waals surface area contributed by atoms with E-state index in [4.69, 9.17) is 4.74 Å². The van der Waals surface area contributed by atoms with Gasteiger partial charge in [0.2, 0.25) is 0 Å². The first-order valence-corrected chi connectivity index (χ1v) is 8.65. The van der Waals surface area contributed by atoms with Gasteiger partial charge < -0.3 is 15.2 Å². The van der Waals surface area contributed by atoms with Crippen LogP contribution in [0.2, 0.25) is 0 Å². The molecule has 0 bridgehead atoms. The van der Waals surface area contributed by atoms with Crippen LogP contribution in [0.15, 0.2) is 0 Å². The van der Waals surface area contributed by atoms with E-state index >= 15 is 0 Å². The second kappa shape index (κ2) is 7.55. The molecule has 1 aliphatic heterocycles. The van der Waals surface area contributed by atoms with E-state index in [1.54, 1.807) is 29.5 Å². The molecule has 2 N–H and O–H groups in total. The molecule has 1 unspecified atom stereocenters. The Kier molecular flexibility index (Phi) is 7.04. The Bertz CT molecular complexity index is 518. The van der Waals surface area contributed by atoms with Gasteiger partial charge in [-0.05, 0) is 32.2 Å². The van der Waals surface area contributed by atoms with Crippen LogP contribution in [-0.4, -0.2) is 46.7 Å². The van der Waals surface area contributed by atoms with E-state index in [1.807, 2.05) is 0 Å². The van der Waals surface area contributed by atoms with Crippen molar-refractivity contribution in [1.29, 1.82) is 0 Å². The Balaban J connectivity index is 0.00000338. The van der Waals surface area contributed by atoms with Crippen LogP contribution in [0.1, 0.15) is 39.0 Å². The monoisotopic (exact) mass is 591 g/mol. The van der Waals surface area contributed by atoms with Gasteiger partial charge in [0, 0.05) is 19.5 Å². The Morgan fingerprint density at radius 1 is 1.12 bits per heavy atom. The maximum Gasteiger partial charge on any atom is 0.430 e. The van der Waals surface area contributed by atoms with Crippen molar-refractivity contribution in [1.82, 2.24) is 5.32 Å². The van der Waals surface area contributed by atoms with Crippen LogP contribution < -0.4 is 5.32 Å². The minimum Gasteiger partial charge on any atom is -0.477 e. The van der Waals surface area contributed by atoms with Gasteiger partial charge in [0.25, 0.3) is 5.60 Å². The van der Waals surface area contributed by atoms with E-state index in [2.05, 4.69) is 5.32 Å². The Labute approximate surface area is 172 Å². The molecule has 0 aromatic heterocycles. The number of carbonyl (C=O) groups is 1. The van der Waals surface area contributed by atoms with Gasteiger partial charge >= 0.3 is 12.4 Å². The van der Waals surface area contributed by atoms with Gasteiger partial charge in [-0.25, -0.2) is 0 Å². The third-order valence-corrected chi connectivity index (χ3v) is 6.43. The predicted octanol–water partition coefficient (Wildman–Crippen LogP) is 3.41. The average Bonchev–Trinajstić information content (AvgIpc) is 3.23. The van der Waals surface area contributed by atoms with Crippen molar-refractivity contribution in [2.24, 2.45) is 0 Å². The minimum atomic E-state index is -6.05. The van der Waals surface area contributed by atoms with Gasteiger partial charge in [-0.15, -0.1) is 0 Å². The number of alkyl halides is 6. The topological polar surface area (TPSA) is 68.5 Å². The number of hydrogen-bond acceptors (Lipinski definition) is 4. The van der Waals surface area contributed by atoms with Crippen molar-refractivity contribution in [3.05, 3.63) is 3.92 Å². The Morgan fingerprint density at radius 2 is 1.54 bits per heavy atom. The van der Waals surface area contributed by atoms with Crippen LogP contribution >= 0.6 is 22.6 Å². The molecule has 0 spiro atoms. The molecule has 1 saturated heterocycles. The van der Waals surface area contributed by atoms with E-state index < -0.39 is 47.9 Å². The summed E-state index contributed by atoms with van der Waals surface area (Å²) in [5, 5.41) is 12.6. The molecular formula is C14H17F6INO3Rh-. The molecule has 0 aromatic rings. The Morgan fingerprint density at radius 3 is 1.88 bits per heavy atom. The van der Waals surface area contributed by atoms with Crippen LogP contribution in [-0.2, 0) is 29.0 Å². The van der Waals surface area contributed by atoms with Crippen molar-refractivity contribution < 1.29 is 60.5 Å². The van der Waals surface area contributed by atoms with Crippen molar-refractivity contribution in [2.75, 3.05) is 6.54 Å². The van der Waals surface area contributed by atoms with Crippen LogP contribution in [0.3, 0.4) is 0 Å². The summed E-state index contributed by atoms with van der Waals surface area (Å²) in [6.07, 6.45) is -13.2. The van der Waals surface area contributed by atoms with E-state index in [-0.39, 0.29) is 36.2 Å². The maximum absolute atomic E-state index is 13.3. The summed E-state index contributed by atoms with van der Waals surface area (Å²) in [5.41, 5.74) is -9.04. The van der Waals surface area contributed by atoms with E-state index in [0.29, 0.717) is 13.0 Å². The molecule has 155 valence electrons. The SMILES string of the molecule is CC1([C-](I)C(=O)OC2(C(O)(C(F)(F)F)C(F)(F)F)CCCCC2)CN1.[Rh]. The van der Waals surface area contributed by atoms with Crippen molar-refractivity contribution in [3.63, 3.8) is 0 Å². The van der Waals surface area contributed by atoms with Gasteiger partial charge in [-0.2, -0.15) is 30.3 Å². The number of carbonyl (C=O) groups excluding carboxylic acids is 1.